The first-order valence-electron chi connectivity index (χ1n) is 31.4. The summed E-state index contributed by atoms with van der Waals surface area (Å²) in [6, 6.07) is 0. The topological polar surface area (TPSA) is 78.9 Å². The van der Waals surface area contributed by atoms with Gasteiger partial charge < -0.3 is 14.2 Å². The van der Waals surface area contributed by atoms with Crippen LogP contribution in [0.2, 0.25) is 0 Å². The van der Waals surface area contributed by atoms with Gasteiger partial charge in [0.2, 0.25) is 0 Å². The molecule has 0 aliphatic rings. The normalized spacial score (nSPS) is 12.5. The summed E-state index contributed by atoms with van der Waals surface area (Å²) in [5.74, 6) is -0.908. The Kier molecular flexibility index (Phi) is 58.7. The van der Waals surface area contributed by atoms with Crippen molar-refractivity contribution < 1.29 is 28.6 Å². The Morgan fingerprint density at radius 3 is 0.877 bits per heavy atom. The van der Waals surface area contributed by atoms with Crippen LogP contribution in [0.25, 0.3) is 0 Å². The molecular weight excluding hydrogens is 901 g/mol. The highest BCUT2D eigenvalue weighted by Gasteiger charge is 2.19. The molecule has 0 aliphatic heterocycles. The van der Waals surface area contributed by atoms with Gasteiger partial charge in [-0.3, -0.25) is 14.4 Å². The first-order valence-corrected chi connectivity index (χ1v) is 31.4. The average molecular weight is 1020 g/mol. The smallest absolute Gasteiger partial charge is 0.306 e. The lowest BCUT2D eigenvalue weighted by Crippen LogP contribution is -2.30. The van der Waals surface area contributed by atoms with Gasteiger partial charge in [-0.15, -0.1) is 0 Å². The van der Waals surface area contributed by atoms with E-state index >= 15 is 0 Å². The molecule has 0 amide bonds. The average Bonchev–Trinajstić information content (AvgIpc) is 3.39. The van der Waals surface area contributed by atoms with Crippen molar-refractivity contribution in [1.29, 1.82) is 0 Å². The minimum Gasteiger partial charge on any atom is -0.462 e. The number of allylic oxidation sites excluding steroid dienone is 12. The van der Waals surface area contributed by atoms with E-state index in [1.165, 1.54) is 180 Å². The van der Waals surface area contributed by atoms with Gasteiger partial charge in [-0.2, -0.15) is 0 Å². The Bertz CT molecular complexity index is 1360. The number of esters is 3. The summed E-state index contributed by atoms with van der Waals surface area (Å²) in [7, 11) is 0. The third-order valence-corrected chi connectivity index (χ3v) is 13.7. The zero-order chi connectivity index (χ0) is 52.9. The molecule has 6 nitrogen and oxygen atoms in total. The van der Waals surface area contributed by atoms with Crippen LogP contribution in [0.3, 0.4) is 0 Å². The summed E-state index contributed by atoms with van der Waals surface area (Å²) in [6.07, 6.45) is 79.0. The summed E-state index contributed by atoms with van der Waals surface area (Å²) in [5.41, 5.74) is 0. The molecule has 0 rings (SSSR count). The largest absolute Gasteiger partial charge is 0.462 e. The standard InChI is InChI=1S/C67H118O6/c1-4-7-10-13-16-19-22-25-28-30-32-33-35-37-40-42-45-48-51-54-57-60-66(69)72-63-64(73-67(70)61-58-55-52-49-46-43-38-27-24-21-18-15-12-9-6-3)62-71-65(68)59-56-53-50-47-44-41-39-36-34-31-29-26-23-20-17-14-11-8-5-2/h8,11,17,20-21,24,26,29,34,36,41,44,64H,4-7,9-10,12-16,18-19,22-23,25,27-28,30-33,35,37-40,42-43,45-63H2,1-3H3/b11-8-,20-17-,24-21-,29-26-,36-34-,44-41-/t64-/m1/s1. The molecule has 422 valence electrons. The molecule has 0 spiro atoms. The number of unbranched alkanes of at least 4 members (excludes halogenated alkanes) is 34. The summed E-state index contributed by atoms with van der Waals surface area (Å²) >= 11 is 0. The van der Waals surface area contributed by atoms with Gasteiger partial charge in [0, 0.05) is 19.3 Å². The Morgan fingerprint density at radius 1 is 0.288 bits per heavy atom. The van der Waals surface area contributed by atoms with E-state index < -0.39 is 6.10 Å². The molecule has 0 radical (unpaired) electrons. The second kappa shape index (κ2) is 61.4. The number of hydrogen-bond donors (Lipinski definition) is 0. The van der Waals surface area contributed by atoms with Crippen molar-refractivity contribution >= 4 is 17.9 Å². The van der Waals surface area contributed by atoms with E-state index in [1.54, 1.807) is 0 Å². The van der Waals surface area contributed by atoms with Crippen LogP contribution in [-0.4, -0.2) is 37.2 Å². The fourth-order valence-corrected chi connectivity index (χ4v) is 9.00. The van der Waals surface area contributed by atoms with Gasteiger partial charge in [0.25, 0.3) is 0 Å². The highest BCUT2D eigenvalue weighted by Crippen LogP contribution is 2.17. The number of ether oxygens (including phenoxy) is 3. The maximum Gasteiger partial charge on any atom is 0.306 e. The van der Waals surface area contributed by atoms with Gasteiger partial charge in [-0.25, -0.2) is 0 Å². The monoisotopic (exact) mass is 1020 g/mol. The van der Waals surface area contributed by atoms with Crippen molar-refractivity contribution in [3.8, 4) is 0 Å². The zero-order valence-corrected chi connectivity index (χ0v) is 48.4. The highest BCUT2D eigenvalue weighted by atomic mass is 16.6. The van der Waals surface area contributed by atoms with Crippen molar-refractivity contribution in [2.45, 2.75) is 322 Å². The third kappa shape index (κ3) is 59.6. The maximum absolute atomic E-state index is 12.9. The molecule has 0 fully saturated rings. The molecule has 0 heterocycles. The van der Waals surface area contributed by atoms with Gasteiger partial charge >= 0.3 is 17.9 Å². The lowest BCUT2D eigenvalue weighted by molar-refractivity contribution is -0.167. The quantitative estimate of drug-likeness (QED) is 0.0261. The van der Waals surface area contributed by atoms with Crippen LogP contribution in [0.5, 0.6) is 0 Å². The molecule has 6 heteroatoms. The SMILES string of the molecule is CC/C=C\C/C=C\C/C=C\C/C=C\C/C=C\CCCCCC(=O)OC[C@H](COC(=O)CCCCCCCCCCCCCCCCCCCCCCC)OC(=O)CCCCCCCCC/C=C\CCCCCC. The second-order valence-corrected chi connectivity index (χ2v) is 20.9. The van der Waals surface area contributed by atoms with Crippen LogP contribution >= 0.6 is 0 Å². The molecule has 0 aromatic carbocycles. The Balaban J connectivity index is 4.38. The first-order chi connectivity index (χ1) is 36.0. The molecule has 0 saturated carbocycles. The molecule has 0 aromatic heterocycles. The van der Waals surface area contributed by atoms with Crippen LogP contribution in [0.4, 0.5) is 0 Å². The van der Waals surface area contributed by atoms with E-state index in [4.69, 9.17) is 14.2 Å². The van der Waals surface area contributed by atoms with E-state index in [0.717, 1.165) is 96.3 Å². The second-order valence-electron chi connectivity index (χ2n) is 20.9. The summed E-state index contributed by atoms with van der Waals surface area (Å²) in [6.45, 7) is 6.52. The molecule has 0 N–H and O–H groups in total. The predicted molar refractivity (Wildman–Crippen MR) is 316 cm³/mol. The number of carbonyl (C=O) groups excluding carboxylic acids is 3. The van der Waals surface area contributed by atoms with E-state index in [9.17, 15) is 14.4 Å². The number of hydrogen-bond acceptors (Lipinski definition) is 6. The zero-order valence-electron chi connectivity index (χ0n) is 48.4. The van der Waals surface area contributed by atoms with Crippen LogP contribution in [-0.2, 0) is 28.6 Å². The van der Waals surface area contributed by atoms with E-state index in [-0.39, 0.29) is 31.1 Å². The fraction of sp³-hybridized carbons (Fsp3) is 0.776. The summed E-state index contributed by atoms with van der Waals surface area (Å²) in [5, 5.41) is 0. The van der Waals surface area contributed by atoms with Gasteiger partial charge in [0.1, 0.15) is 13.2 Å². The summed E-state index contributed by atoms with van der Waals surface area (Å²) < 4.78 is 16.9. The van der Waals surface area contributed by atoms with E-state index in [0.29, 0.717) is 19.3 Å². The van der Waals surface area contributed by atoms with Crippen molar-refractivity contribution in [3.63, 3.8) is 0 Å². The fourth-order valence-electron chi connectivity index (χ4n) is 9.00. The minimum atomic E-state index is -0.791. The highest BCUT2D eigenvalue weighted by molar-refractivity contribution is 5.71. The Labute approximate surface area is 453 Å². The van der Waals surface area contributed by atoms with Crippen molar-refractivity contribution in [2.75, 3.05) is 13.2 Å². The lowest BCUT2D eigenvalue weighted by atomic mass is 10.0. The lowest BCUT2D eigenvalue weighted by Gasteiger charge is -2.18. The third-order valence-electron chi connectivity index (χ3n) is 13.7. The van der Waals surface area contributed by atoms with Crippen molar-refractivity contribution in [3.05, 3.63) is 72.9 Å². The Morgan fingerprint density at radius 2 is 0.534 bits per heavy atom. The molecule has 1 atom stereocenters. The molecule has 0 saturated heterocycles. The van der Waals surface area contributed by atoms with Crippen LogP contribution in [0.15, 0.2) is 72.9 Å². The molecule has 0 bridgehead atoms. The molecule has 73 heavy (non-hydrogen) atoms. The summed E-state index contributed by atoms with van der Waals surface area (Å²) in [4.78, 5) is 38.3. The number of carbonyl (C=O) groups is 3. The molecule has 0 aliphatic carbocycles. The Hall–Kier alpha value is -3.15. The van der Waals surface area contributed by atoms with Crippen molar-refractivity contribution in [2.24, 2.45) is 0 Å². The molecule has 0 aromatic rings. The van der Waals surface area contributed by atoms with Crippen LogP contribution < -0.4 is 0 Å². The van der Waals surface area contributed by atoms with Gasteiger partial charge in [0.15, 0.2) is 6.10 Å². The first kappa shape index (κ1) is 69.8. The number of rotatable bonds is 57. The van der Waals surface area contributed by atoms with E-state index in [2.05, 4.69) is 93.7 Å². The van der Waals surface area contributed by atoms with Gasteiger partial charge in [-0.1, -0.05) is 280 Å². The van der Waals surface area contributed by atoms with Gasteiger partial charge in [0.05, 0.1) is 0 Å². The van der Waals surface area contributed by atoms with E-state index in [1.807, 2.05) is 0 Å². The van der Waals surface area contributed by atoms with Crippen LogP contribution in [0.1, 0.15) is 316 Å². The molecule has 0 unspecified atom stereocenters. The van der Waals surface area contributed by atoms with Gasteiger partial charge in [-0.05, 0) is 89.9 Å². The minimum absolute atomic E-state index is 0.0849. The van der Waals surface area contributed by atoms with Crippen molar-refractivity contribution in [1.82, 2.24) is 0 Å². The molecular formula is C67H118O6. The predicted octanol–water partition coefficient (Wildman–Crippen LogP) is 21.3. The maximum atomic E-state index is 12.9. The van der Waals surface area contributed by atoms with Crippen LogP contribution in [0, 0.1) is 0 Å².